The lowest BCUT2D eigenvalue weighted by atomic mass is 9.97. The molecule has 1 aromatic rings. The van der Waals surface area contributed by atoms with Crippen LogP contribution in [-0.4, -0.2) is 5.11 Å². The maximum Gasteiger partial charge on any atom is 0.121 e. The van der Waals surface area contributed by atoms with Gasteiger partial charge in [0.1, 0.15) is 5.75 Å². The SMILES string of the molecule is CCCC[C@@H](N)c1cc(C)c(O)c(C)c1. The third-order valence-corrected chi connectivity index (χ3v) is 2.81. The lowest BCUT2D eigenvalue weighted by molar-refractivity contribution is 0.466. The Kier molecular flexibility index (Phi) is 4.15. The van der Waals surface area contributed by atoms with Gasteiger partial charge in [-0.2, -0.15) is 0 Å². The van der Waals surface area contributed by atoms with Crippen molar-refractivity contribution < 1.29 is 5.11 Å². The Labute approximate surface area is 92.1 Å². The Morgan fingerprint density at radius 2 is 1.80 bits per heavy atom. The van der Waals surface area contributed by atoms with E-state index in [2.05, 4.69) is 6.92 Å². The molecule has 0 aromatic heterocycles. The molecule has 0 unspecified atom stereocenters. The summed E-state index contributed by atoms with van der Waals surface area (Å²) < 4.78 is 0. The van der Waals surface area contributed by atoms with Crippen molar-refractivity contribution in [3.63, 3.8) is 0 Å². The van der Waals surface area contributed by atoms with Crippen LogP contribution in [-0.2, 0) is 0 Å². The van der Waals surface area contributed by atoms with Gasteiger partial charge in [-0.3, -0.25) is 0 Å². The molecule has 0 radical (unpaired) electrons. The van der Waals surface area contributed by atoms with E-state index in [4.69, 9.17) is 5.73 Å². The second-order valence-corrected chi connectivity index (χ2v) is 4.25. The third-order valence-electron chi connectivity index (χ3n) is 2.81. The van der Waals surface area contributed by atoms with E-state index in [1.807, 2.05) is 26.0 Å². The monoisotopic (exact) mass is 207 g/mol. The first-order chi connectivity index (χ1) is 7.06. The molecular formula is C13H21NO. The van der Waals surface area contributed by atoms with Crippen LogP contribution in [0.25, 0.3) is 0 Å². The van der Waals surface area contributed by atoms with Crippen molar-refractivity contribution in [3.05, 3.63) is 28.8 Å². The second-order valence-electron chi connectivity index (χ2n) is 4.25. The number of nitrogens with two attached hydrogens (primary N) is 1. The lowest BCUT2D eigenvalue weighted by Gasteiger charge is -2.14. The van der Waals surface area contributed by atoms with Crippen molar-refractivity contribution in [2.24, 2.45) is 5.73 Å². The average Bonchev–Trinajstić information content (AvgIpc) is 2.21. The van der Waals surface area contributed by atoms with Crippen LogP contribution in [0.3, 0.4) is 0 Å². The van der Waals surface area contributed by atoms with E-state index >= 15 is 0 Å². The Morgan fingerprint density at radius 3 is 2.27 bits per heavy atom. The summed E-state index contributed by atoms with van der Waals surface area (Å²) >= 11 is 0. The standard InChI is InChI=1S/C13H21NO/c1-4-5-6-12(14)11-7-9(2)13(15)10(3)8-11/h7-8,12,15H,4-6,14H2,1-3H3/t12-/m1/s1. The first kappa shape index (κ1) is 12.1. The fourth-order valence-corrected chi connectivity index (χ4v) is 1.79. The highest BCUT2D eigenvalue weighted by Crippen LogP contribution is 2.27. The van der Waals surface area contributed by atoms with E-state index in [1.54, 1.807) is 0 Å². The van der Waals surface area contributed by atoms with Crippen molar-refractivity contribution in [2.45, 2.75) is 46.1 Å². The van der Waals surface area contributed by atoms with Gasteiger partial charge in [0.2, 0.25) is 0 Å². The highest BCUT2D eigenvalue weighted by atomic mass is 16.3. The molecule has 2 heteroatoms. The molecule has 3 N–H and O–H groups in total. The molecule has 1 aromatic carbocycles. The van der Waals surface area contributed by atoms with Gasteiger partial charge in [-0.15, -0.1) is 0 Å². The van der Waals surface area contributed by atoms with Gasteiger partial charge in [0.15, 0.2) is 0 Å². The summed E-state index contributed by atoms with van der Waals surface area (Å²) in [5.74, 6) is 0.390. The van der Waals surface area contributed by atoms with Crippen molar-refractivity contribution in [2.75, 3.05) is 0 Å². The second kappa shape index (κ2) is 5.17. The van der Waals surface area contributed by atoms with Crippen LogP contribution >= 0.6 is 0 Å². The number of benzene rings is 1. The van der Waals surface area contributed by atoms with E-state index in [0.29, 0.717) is 5.75 Å². The number of aromatic hydroxyl groups is 1. The fraction of sp³-hybridized carbons (Fsp3) is 0.538. The Balaban J connectivity index is 2.86. The first-order valence-corrected chi connectivity index (χ1v) is 5.62. The Morgan fingerprint density at radius 1 is 1.27 bits per heavy atom. The molecule has 0 saturated carbocycles. The van der Waals surface area contributed by atoms with Gasteiger partial charge < -0.3 is 10.8 Å². The van der Waals surface area contributed by atoms with Crippen LogP contribution in [0.4, 0.5) is 0 Å². The van der Waals surface area contributed by atoms with E-state index < -0.39 is 0 Å². The molecule has 2 nitrogen and oxygen atoms in total. The van der Waals surface area contributed by atoms with Crippen molar-refractivity contribution in [1.29, 1.82) is 0 Å². The summed E-state index contributed by atoms with van der Waals surface area (Å²) in [4.78, 5) is 0. The van der Waals surface area contributed by atoms with Gasteiger partial charge in [-0.25, -0.2) is 0 Å². The number of rotatable bonds is 4. The molecule has 0 saturated heterocycles. The normalized spacial score (nSPS) is 12.8. The quantitative estimate of drug-likeness (QED) is 0.796. The Hall–Kier alpha value is -1.02. The molecule has 0 spiro atoms. The van der Waals surface area contributed by atoms with Crippen molar-refractivity contribution in [1.82, 2.24) is 0 Å². The van der Waals surface area contributed by atoms with Gasteiger partial charge in [-0.1, -0.05) is 31.9 Å². The topological polar surface area (TPSA) is 46.2 Å². The zero-order valence-electron chi connectivity index (χ0n) is 9.88. The van der Waals surface area contributed by atoms with Crippen LogP contribution in [0.1, 0.15) is 48.9 Å². The summed E-state index contributed by atoms with van der Waals surface area (Å²) in [6, 6.07) is 4.08. The summed E-state index contributed by atoms with van der Waals surface area (Å²) in [6.07, 6.45) is 3.34. The zero-order valence-corrected chi connectivity index (χ0v) is 9.88. The minimum atomic E-state index is 0.1000. The lowest BCUT2D eigenvalue weighted by Crippen LogP contribution is -2.10. The number of phenols is 1. The largest absolute Gasteiger partial charge is 0.507 e. The summed E-state index contributed by atoms with van der Waals surface area (Å²) in [5, 5.41) is 9.65. The summed E-state index contributed by atoms with van der Waals surface area (Å²) in [5.41, 5.74) is 9.05. The minimum absolute atomic E-state index is 0.1000. The number of unbranched alkanes of at least 4 members (excludes halogenated alkanes) is 1. The van der Waals surface area contributed by atoms with E-state index in [9.17, 15) is 5.11 Å². The van der Waals surface area contributed by atoms with E-state index in [-0.39, 0.29) is 6.04 Å². The highest BCUT2D eigenvalue weighted by molar-refractivity contribution is 5.43. The number of hydrogen-bond donors (Lipinski definition) is 2. The number of hydrogen-bond acceptors (Lipinski definition) is 2. The highest BCUT2D eigenvalue weighted by Gasteiger charge is 2.09. The molecule has 0 fully saturated rings. The maximum atomic E-state index is 9.65. The van der Waals surface area contributed by atoms with Crippen LogP contribution in [0, 0.1) is 13.8 Å². The van der Waals surface area contributed by atoms with Crippen LogP contribution in [0.15, 0.2) is 12.1 Å². The molecule has 84 valence electrons. The van der Waals surface area contributed by atoms with Crippen molar-refractivity contribution >= 4 is 0 Å². The number of phenolic OH excluding ortho intramolecular Hbond substituents is 1. The van der Waals surface area contributed by atoms with Gasteiger partial charge >= 0.3 is 0 Å². The molecule has 0 aliphatic carbocycles. The minimum Gasteiger partial charge on any atom is -0.507 e. The molecule has 0 heterocycles. The van der Waals surface area contributed by atoms with Gasteiger partial charge in [0, 0.05) is 6.04 Å². The maximum absolute atomic E-state index is 9.65. The summed E-state index contributed by atoms with van der Waals surface area (Å²) in [7, 11) is 0. The van der Waals surface area contributed by atoms with E-state index in [1.165, 1.54) is 6.42 Å². The fourth-order valence-electron chi connectivity index (χ4n) is 1.79. The summed E-state index contributed by atoms with van der Waals surface area (Å²) in [6.45, 7) is 6.00. The molecule has 0 aliphatic heterocycles. The smallest absolute Gasteiger partial charge is 0.121 e. The Bertz CT molecular complexity index is 310. The molecule has 0 aliphatic rings. The third kappa shape index (κ3) is 2.96. The molecular weight excluding hydrogens is 186 g/mol. The van der Waals surface area contributed by atoms with Gasteiger partial charge in [0.05, 0.1) is 0 Å². The molecule has 0 amide bonds. The van der Waals surface area contributed by atoms with Crippen LogP contribution < -0.4 is 5.73 Å². The average molecular weight is 207 g/mol. The van der Waals surface area contributed by atoms with Crippen LogP contribution in [0.2, 0.25) is 0 Å². The van der Waals surface area contributed by atoms with Crippen molar-refractivity contribution in [3.8, 4) is 5.75 Å². The molecule has 15 heavy (non-hydrogen) atoms. The predicted octanol–water partition coefficient (Wildman–Crippen LogP) is 3.20. The number of aryl methyl sites for hydroxylation is 2. The molecule has 1 atom stereocenters. The van der Waals surface area contributed by atoms with E-state index in [0.717, 1.165) is 29.5 Å². The predicted molar refractivity (Wildman–Crippen MR) is 64.0 cm³/mol. The van der Waals surface area contributed by atoms with Gasteiger partial charge in [0.25, 0.3) is 0 Å². The molecule has 1 rings (SSSR count). The van der Waals surface area contributed by atoms with Gasteiger partial charge in [-0.05, 0) is 37.0 Å². The van der Waals surface area contributed by atoms with Crippen LogP contribution in [0.5, 0.6) is 5.75 Å². The first-order valence-electron chi connectivity index (χ1n) is 5.62. The zero-order chi connectivity index (χ0) is 11.4. The molecule has 0 bridgehead atoms.